The van der Waals surface area contributed by atoms with Crippen molar-refractivity contribution in [3.05, 3.63) is 36.5 Å². The highest BCUT2D eigenvalue weighted by atomic mass is 16.5. The molecule has 1 amide bonds. The lowest BCUT2D eigenvalue weighted by Gasteiger charge is -2.14. The molecule has 1 atom stereocenters. The van der Waals surface area contributed by atoms with E-state index in [0.717, 1.165) is 77.0 Å². The van der Waals surface area contributed by atoms with Gasteiger partial charge in [0.05, 0.1) is 0 Å². The Balaban J connectivity index is 4.21. The second kappa shape index (κ2) is 32.5. The van der Waals surface area contributed by atoms with Crippen LogP contribution in [0.25, 0.3) is 0 Å². The zero-order valence-corrected chi connectivity index (χ0v) is 27.8. The number of esters is 1. The minimum atomic E-state index is -1.02. The van der Waals surface area contributed by atoms with Crippen LogP contribution < -0.4 is 5.32 Å². The molecule has 0 spiro atoms. The van der Waals surface area contributed by atoms with Gasteiger partial charge in [0.15, 0.2) is 0 Å². The maximum atomic E-state index is 12.6. The fourth-order valence-electron chi connectivity index (χ4n) is 4.98. The summed E-state index contributed by atoms with van der Waals surface area (Å²) in [6.07, 6.45) is 38.5. The van der Waals surface area contributed by atoms with E-state index in [0.29, 0.717) is 12.8 Å². The Kier molecular flexibility index (Phi) is 30.7. The highest BCUT2D eigenvalue weighted by Gasteiger charge is 2.11. The van der Waals surface area contributed by atoms with E-state index in [9.17, 15) is 14.4 Å². The lowest BCUT2D eigenvalue weighted by Crippen LogP contribution is -2.28. The average molecular weight is 604 g/mol. The highest BCUT2D eigenvalue weighted by molar-refractivity contribution is 5.80. The van der Waals surface area contributed by atoms with Gasteiger partial charge >= 0.3 is 11.9 Å². The van der Waals surface area contributed by atoms with E-state index >= 15 is 0 Å². The van der Waals surface area contributed by atoms with Crippen LogP contribution in [0.3, 0.4) is 0 Å². The molecule has 0 fully saturated rings. The number of carboxylic acid groups (broad SMARTS) is 1. The highest BCUT2D eigenvalue weighted by Crippen LogP contribution is 2.15. The minimum Gasteiger partial charge on any atom is -0.480 e. The van der Waals surface area contributed by atoms with Gasteiger partial charge in [-0.1, -0.05) is 141 Å². The number of aliphatic carboxylic acids is 1. The summed E-state index contributed by atoms with van der Waals surface area (Å²) in [6.45, 7) is 4.08. The second-order valence-electron chi connectivity index (χ2n) is 11.7. The fraction of sp³-hybridized carbons (Fsp3) is 0.757. The number of ether oxygens (including phenoxy) is 1. The monoisotopic (exact) mass is 603 g/mol. The molecule has 0 heterocycles. The standard InChI is InChI=1S/C37H65NO5/c1-3-5-7-9-11-13-14-15-16-18-24-28-32-37(42)43-34(29-25-21-17-12-10-8-6-4-2)30-26-22-19-20-23-27-31-35(39)38-33-36(40)41/h6,8,12,17,25,29,34H,3-5,7,9-11,13-16,18-24,26-28,30-33H2,1-2H3,(H,38,39)(H,40,41)/b8-6-,17-12-,29-25-. The van der Waals surface area contributed by atoms with Crippen LogP contribution in [-0.4, -0.2) is 35.6 Å². The summed E-state index contributed by atoms with van der Waals surface area (Å²) < 4.78 is 5.87. The molecule has 0 radical (unpaired) electrons. The molecule has 2 N–H and O–H groups in total. The third-order valence-corrected chi connectivity index (χ3v) is 7.56. The van der Waals surface area contributed by atoms with Gasteiger partial charge in [0.1, 0.15) is 12.6 Å². The zero-order chi connectivity index (χ0) is 31.6. The van der Waals surface area contributed by atoms with Gasteiger partial charge in [-0.2, -0.15) is 0 Å². The van der Waals surface area contributed by atoms with Gasteiger partial charge in [0.25, 0.3) is 0 Å². The van der Waals surface area contributed by atoms with Gasteiger partial charge in [-0.25, -0.2) is 0 Å². The second-order valence-corrected chi connectivity index (χ2v) is 11.7. The Bertz CT molecular complexity index is 758. The maximum absolute atomic E-state index is 12.6. The number of rotatable bonds is 31. The van der Waals surface area contributed by atoms with Crippen LogP contribution in [0.1, 0.15) is 168 Å². The number of carbonyl (C=O) groups is 3. The largest absolute Gasteiger partial charge is 0.480 e. The molecule has 1 unspecified atom stereocenters. The van der Waals surface area contributed by atoms with Crippen LogP contribution in [0.5, 0.6) is 0 Å². The number of carboxylic acids is 1. The number of hydrogen-bond acceptors (Lipinski definition) is 4. The Morgan fingerprint density at radius 2 is 1.12 bits per heavy atom. The van der Waals surface area contributed by atoms with Crippen molar-refractivity contribution in [3.8, 4) is 0 Å². The SMILES string of the molecule is CC/C=C\C/C=C\C/C=C\C(CCCCCCCCC(=O)NCC(=O)O)OC(=O)CCCCCCCCCCCCCC. The number of amides is 1. The Hall–Kier alpha value is -2.37. The molecule has 0 aromatic heterocycles. The lowest BCUT2D eigenvalue weighted by atomic mass is 10.0. The topological polar surface area (TPSA) is 92.7 Å². The van der Waals surface area contributed by atoms with Crippen molar-refractivity contribution < 1.29 is 24.2 Å². The van der Waals surface area contributed by atoms with E-state index in [-0.39, 0.29) is 24.5 Å². The molecule has 6 nitrogen and oxygen atoms in total. The smallest absolute Gasteiger partial charge is 0.322 e. The van der Waals surface area contributed by atoms with E-state index in [1.54, 1.807) is 0 Å². The molecule has 0 aliphatic heterocycles. The van der Waals surface area contributed by atoms with Crippen molar-refractivity contribution >= 4 is 17.8 Å². The maximum Gasteiger partial charge on any atom is 0.322 e. The molecule has 43 heavy (non-hydrogen) atoms. The fourth-order valence-corrected chi connectivity index (χ4v) is 4.98. The van der Waals surface area contributed by atoms with Crippen molar-refractivity contribution in [2.75, 3.05) is 6.54 Å². The molecule has 0 aromatic carbocycles. The number of nitrogens with one attached hydrogen (secondary N) is 1. The molecule has 0 rings (SSSR count). The van der Waals surface area contributed by atoms with Crippen LogP contribution in [0.4, 0.5) is 0 Å². The minimum absolute atomic E-state index is 0.0804. The van der Waals surface area contributed by atoms with E-state index < -0.39 is 5.97 Å². The Labute approximate surface area is 264 Å². The lowest BCUT2D eigenvalue weighted by molar-refractivity contribution is -0.147. The van der Waals surface area contributed by atoms with Crippen LogP contribution in [0, 0.1) is 0 Å². The van der Waals surface area contributed by atoms with E-state index in [4.69, 9.17) is 9.84 Å². The summed E-state index contributed by atoms with van der Waals surface area (Å²) in [6, 6.07) is 0. The van der Waals surface area contributed by atoms with Crippen molar-refractivity contribution in [3.63, 3.8) is 0 Å². The summed E-state index contributed by atoms with van der Waals surface area (Å²) >= 11 is 0. The first-order chi connectivity index (χ1) is 21.0. The molecule has 0 aliphatic rings. The van der Waals surface area contributed by atoms with Crippen molar-refractivity contribution in [2.24, 2.45) is 0 Å². The quantitative estimate of drug-likeness (QED) is 0.0467. The summed E-state index contributed by atoms with van der Waals surface area (Å²) in [5.74, 6) is -1.30. The first-order valence-corrected chi connectivity index (χ1v) is 17.6. The van der Waals surface area contributed by atoms with E-state index in [1.165, 1.54) is 64.2 Å². The van der Waals surface area contributed by atoms with Crippen LogP contribution in [0.15, 0.2) is 36.5 Å². The van der Waals surface area contributed by atoms with Crippen molar-refractivity contribution in [1.29, 1.82) is 0 Å². The average Bonchev–Trinajstić information content (AvgIpc) is 2.99. The molecule has 6 heteroatoms. The van der Waals surface area contributed by atoms with Gasteiger partial charge in [-0.3, -0.25) is 14.4 Å². The number of unbranched alkanes of at least 4 members (excludes halogenated alkanes) is 16. The molecule has 248 valence electrons. The van der Waals surface area contributed by atoms with Crippen molar-refractivity contribution in [1.82, 2.24) is 5.32 Å². The van der Waals surface area contributed by atoms with Crippen LogP contribution in [-0.2, 0) is 19.1 Å². The van der Waals surface area contributed by atoms with E-state index in [2.05, 4.69) is 55.6 Å². The summed E-state index contributed by atoms with van der Waals surface area (Å²) in [4.78, 5) is 34.7. The van der Waals surface area contributed by atoms with E-state index in [1.807, 2.05) is 0 Å². The number of hydrogen-bond donors (Lipinski definition) is 2. The third-order valence-electron chi connectivity index (χ3n) is 7.56. The van der Waals surface area contributed by atoms with Gasteiger partial charge < -0.3 is 15.2 Å². The normalized spacial score (nSPS) is 12.4. The van der Waals surface area contributed by atoms with Gasteiger partial charge in [-0.15, -0.1) is 0 Å². The predicted molar refractivity (Wildman–Crippen MR) is 180 cm³/mol. The number of carbonyl (C=O) groups excluding carboxylic acids is 2. The molecular formula is C37H65NO5. The summed E-state index contributed by atoms with van der Waals surface area (Å²) in [5, 5.41) is 11.0. The third kappa shape index (κ3) is 32.4. The first-order valence-electron chi connectivity index (χ1n) is 17.6. The van der Waals surface area contributed by atoms with Gasteiger partial charge in [0, 0.05) is 12.8 Å². The molecule has 0 aromatic rings. The van der Waals surface area contributed by atoms with Crippen LogP contribution >= 0.6 is 0 Å². The molecule has 0 bridgehead atoms. The summed E-state index contributed by atoms with van der Waals surface area (Å²) in [5.41, 5.74) is 0. The number of allylic oxidation sites excluding steroid dienone is 5. The summed E-state index contributed by atoms with van der Waals surface area (Å²) in [7, 11) is 0. The Morgan fingerprint density at radius 3 is 1.67 bits per heavy atom. The molecule has 0 saturated heterocycles. The predicted octanol–water partition coefficient (Wildman–Crippen LogP) is 10.2. The molecule has 0 saturated carbocycles. The molecule has 0 aliphatic carbocycles. The van der Waals surface area contributed by atoms with Crippen molar-refractivity contribution in [2.45, 2.75) is 174 Å². The van der Waals surface area contributed by atoms with Gasteiger partial charge in [0.2, 0.25) is 5.91 Å². The Morgan fingerprint density at radius 1 is 0.628 bits per heavy atom. The molecular weight excluding hydrogens is 538 g/mol. The van der Waals surface area contributed by atoms with Crippen LogP contribution in [0.2, 0.25) is 0 Å². The zero-order valence-electron chi connectivity index (χ0n) is 27.8. The first kappa shape index (κ1) is 40.6. The van der Waals surface area contributed by atoms with Gasteiger partial charge in [-0.05, 0) is 51.0 Å².